The molecule has 1 aliphatic heterocycles. The molecule has 2 amide bonds. The minimum Gasteiger partial charge on any atom is -0.480 e. The lowest BCUT2D eigenvalue weighted by Gasteiger charge is -2.34. The smallest absolute Gasteiger partial charge is 0.328 e. The quantitative estimate of drug-likeness (QED) is 0.678. The lowest BCUT2D eigenvalue weighted by molar-refractivity contribution is -0.155. The zero-order valence-corrected chi connectivity index (χ0v) is 9.40. The van der Waals surface area contributed by atoms with E-state index in [0.29, 0.717) is 6.42 Å². The molecule has 2 unspecified atom stereocenters. The van der Waals surface area contributed by atoms with Crippen molar-refractivity contribution in [2.24, 2.45) is 5.92 Å². The number of carboxylic acid groups (broad SMARTS) is 1. The van der Waals surface area contributed by atoms with Gasteiger partial charge >= 0.3 is 5.97 Å². The third-order valence-corrected chi connectivity index (χ3v) is 2.78. The van der Waals surface area contributed by atoms with Crippen LogP contribution in [-0.4, -0.2) is 46.9 Å². The van der Waals surface area contributed by atoms with Crippen molar-refractivity contribution in [2.45, 2.75) is 26.3 Å². The molecule has 1 fully saturated rings. The molecule has 0 bridgehead atoms. The summed E-state index contributed by atoms with van der Waals surface area (Å²) in [6, 6.07) is -0.945. The summed E-state index contributed by atoms with van der Waals surface area (Å²) >= 11 is 0. The number of piperazine rings is 1. The van der Waals surface area contributed by atoms with Gasteiger partial charge in [-0.05, 0) is 6.42 Å². The molecule has 0 aromatic rings. The van der Waals surface area contributed by atoms with Crippen LogP contribution in [0.15, 0.2) is 0 Å². The summed E-state index contributed by atoms with van der Waals surface area (Å²) in [5, 5.41) is 11.4. The Morgan fingerprint density at radius 3 is 2.75 bits per heavy atom. The summed E-state index contributed by atoms with van der Waals surface area (Å²) in [7, 11) is 0. The second-order valence-electron chi connectivity index (χ2n) is 3.93. The molecule has 1 rings (SSSR count). The highest BCUT2D eigenvalue weighted by molar-refractivity contribution is 5.91. The van der Waals surface area contributed by atoms with Gasteiger partial charge in [0.05, 0.1) is 0 Å². The van der Waals surface area contributed by atoms with Crippen LogP contribution < -0.4 is 5.32 Å². The molecule has 6 heteroatoms. The fraction of sp³-hybridized carbons (Fsp3) is 0.700. The van der Waals surface area contributed by atoms with Crippen LogP contribution >= 0.6 is 0 Å². The van der Waals surface area contributed by atoms with Crippen LogP contribution in [0.4, 0.5) is 0 Å². The number of amides is 2. The third kappa shape index (κ3) is 2.50. The van der Waals surface area contributed by atoms with E-state index < -0.39 is 12.0 Å². The van der Waals surface area contributed by atoms with Crippen LogP contribution in [0.5, 0.6) is 0 Å². The molecule has 1 heterocycles. The Bertz CT molecular complexity index is 316. The van der Waals surface area contributed by atoms with E-state index in [1.807, 2.05) is 6.92 Å². The predicted octanol–water partition coefficient (Wildman–Crippen LogP) is -0.556. The van der Waals surface area contributed by atoms with E-state index in [-0.39, 0.29) is 30.8 Å². The summed E-state index contributed by atoms with van der Waals surface area (Å²) in [4.78, 5) is 35.1. The Morgan fingerprint density at radius 2 is 2.25 bits per heavy atom. The molecule has 90 valence electrons. The van der Waals surface area contributed by atoms with Gasteiger partial charge in [0.15, 0.2) is 0 Å². The average Bonchev–Trinajstić information content (AvgIpc) is 2.26. The van der Waals surface area contributed by atoms with Crippen LogP contribution in [0.25, 0.3) is 0 Å². The van der Waals surface area contributed by atoms with Crippen molar-refractivity contribution in [3.05, 3.63) is 0 Å². The van der Waals surface area contributed by atoms with Gasteiger partial charge in [0.1, 0.15) is 12.6 Å². The van der Waals surface area contributed by atoms with Crippen molar-refractivity contribution in [2.75, 3.05) is 13.1 Å². The number of nitrogens with zero attached hydrogens (tertiary/aromatic N) is 1. The number of hydrogen-bond acceptors (Lipinski definition) is 3. The molecule has 6 nitrogen and oxygen atoms in total. The van der Waals surface area contributed by atoms with Gasteiger partial charge in [-0.2, -0.15) is 0 Å². The van der Waals surface area contributed by atoms with Crippen LogP contribution in [0.2, 0.25) is 0 Å². The van der Waals surface area contributed by atoms with E-state index in [2.05, 4.69) is 5.32 Å². The van der Waals surface area contributed by atoms with Crippen molar-refractivity contribution in [3.63, 3.8) is 0 Å². The van der Waals surface area contributed by atoms with E-state index in [4.69, 9.17) is 5.11 Å². The van der Waals surface area contributed by atoms with Crippen LogP contribution in [0.1, 0.15) is 20.3 Å². The summed E-state index contributed by atoms with van der Waals surface area (Å²) in [5.74, 6) is -1.93. The van der Waals surface area contributed by atoms with Crippen molar-refractivity contribution < 1.29 is 19.5 Å². The molecule has 1 aliphatic rings. The number of hydrogen-bond donors (Lipinski definition) is 2. The van der Waals surface area contributed by atoms with Crippen LogP contribution in [0.3, 0.4) is 0 Å². The summed E-state index contributed by atoms with van der Waals surface area (Å²) in [6.45, 7) is 3.40. The van der Waals surface area contributed by atoms with Gasteiger partial charge in [0.2, 0.25) is 11.8 Å². The highest BCUT2D eigenvalue weighted by atomic mass is 16.4. The molecule has 0 aromatic heterocycles. The number of carbonyl (C=O) groups is 3. The number of aliphatic carboxylic acids is 1. The Labute approximate surface area is 93.6 Å². The molecule has 0 spiro atoms. The highest BCUT2D eigenvalue weighted by Crippen LogP contribution is 2.12. The van der Waals surface area contributed by atoms with Gasteiger partial charge in [-0.15, -0.1) is 0 Å². The number of rotatable bonds is 3. The minimum absolute atomic E-state index is 0.0175. The van der Waals surface area contributed by atoms with Crippen molar-refractivity contribution >= 4 is 17.8 Å². The lowest BCUT2D eigenvalue weighted by atomic mass is 10.0. The number of carbonyl (C=O) groups excluding carboxylic acids is 2. The molecule has 0 saturated carbocycles. The maximum Gasteiger partial charge on any atom is 0.328 e. The van der Waals surface area contributed by atoms with Crippen molar-refractivity contribution in [1.82, 2.24) is 10.2 Å². The second kappa shape index (κ2) is 4.96. The fourth-order valence-electron chi connectivity index (χ4n) is 1.55. The van der Waals surface area contributed by atoms with E-state index in [9.17, 15) is 14.4 Å². The maximum absolute atomic E-state index is 11.9. The Morgan fingerprint density at radius 1 is 1.62 bits per heavy atom. The lowest BCUT2D eigenvalue weighted by Crippen LogP contribution is -2.60. The molecule has 16 heavy (non-hydrogen) atoms. The van der Waals surface area contributed by atoms with E-state index in [1.165, 1.54) is 0 Å². The monoisotopic (exact) mass is 228 g/mol. The summed E-state index contributed by atoms with van der Waals surface area (Å²) < 4.78 is 0. The normalized spacial score (nSPS) is 22.5. The Kier molecular flexibility index (Phi) is 3.87. The highest BCUT2D eigenvalue weighted by Gasteiger charge is 2.36. The molecule has 2 atom stereocenters. The van der Waals surface area contributed by atoms with Gasteiger partial charge in [-0.25, -0.2) is 4.79 Å². The topological polar surface area (TPSA) is 86.7 Å². The van der Waals surface area contributed by atoms with Gasteiger partial charge in [0, 0.05) is 12.5 Å². The molecule has 0 aromatic carbocycles. The van der Waals surface area contributed by atoms with Crippen molar-refractivity contribution in [1.29, 1.82) is 0 Å². The molecule has 0 radical (unpaired) electrons. The standard InChI is InChI=1S/C10H16N2O4/c1-3-6(2)9(14)12-5-8(13)11-4-7(12)10(15)16/h6-7H,3-5H2,1-2H3,(H,11,13)(H,15,16). The molecular formula is C10H16N2O4. The largest absolute Gasteiger partial charge is 0.480 e. The van der Waals surface area contributed by atoms with Gasteiger partial charge in [0.25, 0.3) is 0 Å². The van der Waals surface area contributed by atoms with Gasteiger partial charge in [-0.1, -0.05) is 13.8 Å². The van der Waals surface area contributed by atoms with E-state index in [0.717, 1.165) is 4.90 Å². The Hall–Kier alpha value is -1.59. The minimum atomic E-state index is -1.09. The fourth-order valence-corrected chi connectivity index (χ4v) is 1.55. The van der Waals surface area contributed by atoms with Crippen LogP contribution in [-0.2, 0) is 14.4 Å². The Balaban J connectivity index is 2.82. The first-order valence-electron chi connectivity index (χ1n) is 5.27. The first kappa shape index (κ1) is 12.5. The predicted molar refractivity (Wildman–Crippen MR) is 55.6 cm³/mol. The number of nitrogens with one attached hydrogen (secondary N) is 1. The van der Waals surface area contributed by atoms with Crippen molar-refractivity contribution in [3.8, 4) is 0 Å². The SMILES string of the molecule is CCC(C)C(=O)N1CC(=O)NCC1C(=O)O. The zero-order valence-electron chi connectivity index (χ0n) is 9.40. The number of carboxylic acids is 1. The first-order chi connectivity index (χ1) is 7.47. The third-order valence-electron chi connectivity index (χ3n) is 2.78. The zero-order chi connectivity index (χ0) is 12.3. The average molecular weight is 228 g/mol. The summed E-state index contributed by atoms with van der Waals surface area (Å²) in [5.41, 5.74) is 0. The second-order valence-corrected chi connectivity index (χ2v) is 3.93. The van der Waals surface area contributed by atoms with E-state index in [1.54, 1.807) is 6.92 Å². The molecular weight excluding hydrogens is 212 g/mol. The summed E-state index contributed by atoms with van der Waals surface area (Å²) in [6.07, 6.45) is 0.628. The maximum atomic E-state index is 11.9. The van der Waals surface area contributed by atoms with Gasteiger partial charge < -0.3 is 15.3 Å². The molecule has 2 N–H and O–H groups in total. The first-order valence-corrected chi connectivity index (χ1v) is 5.27. The molecule has 1 saturated heterocycles. The van der Waals surface area contributed by atoms with E-state index >= 15 is 0 Å². The van der Waals surface area contributed by atoms with Gasteiger partial charge in [-0.3, -0.25) is 9.59 Å². The van der Waals surface area contributed by atoms with Crippen LogP contribution in [0, 0.1) is 5.92 Å². The molecule has 0 aliphatic carbocycles.